The molecule has 0 heterocycles. The summed E-state index contributed by atoms with van der Waals surface area (Å²) in [7, 11) is 0. The lowest BCUT2D eigenvalue weighted by Crippen LogP contribution is -2.26. The monoisotopic (exact) mass is 269 g/mol. The van der Waals surface area contributed by atoms with Gasteiger partial charge in [0.25, 0.3) is 0 Å². The van der Waals surface area contributed by atoms with E-state index in [0.717, 1.165) is 16.3 Å². The smallest absolute Gasteiger partial charge is 0.307 e. The molecule has 0 saturated heterocycles. The predicted molar refractivity (Wildman–Crippen MR) is 75.0 cm³/mol. The Kier molecular flexibility index (Phi) is 3.14. The van der Waals surface area contributed by atoms with E-state index in [1.807, 2.05) is 42.5 Å². The summed E-state index contributed by atoms with van der Waals surface area (Å²) in [5.74, 6) is -1.90. The number of hydrogen-bond acceptors (Lipinski definition) is 2. The van der Waals surface area contributed by atoms with E-state index >= 15 is 0 Å². The molecule has 0 radical (unpaired) electrons. The molecule has 1 fully saturated rings. The predicted octanol–water partition coefficient (Wildman–Crippen LogP) is 2.18. The third-order valence-electron chi connectivity index (χ3n) is 3.78. The van der Waals surface area contributed by atoms with Crippen LogP contribution in [0.4, 0.5) is 0 Å². The zero-order chi connectivity index (χ0) is 14.1. The van der Waals surface area contributed by atoms with Crippen molar-refractivity contribution in [2.24, 2.45) is 11.8 Å². The van der Waals surface area contributed by atoms with Crippen LogP contribution in [0.1, 0.15) is 12.0 Å². The number of carboxylic acids is 1. The van der Waals surface area contributed by atoms with Gasteiger partial charge in [0.2, 0.25) is 5.91 Å². The molecule has 2 N–H and O–H groups in total. The van der Waals surface area contributed by atoms with Gasteiger partial charge in [-0.25, -0.2) is 0 Å². The number of hydrogen-bond donors (Lipinski definition) is 2. The zero-order valence-corrected chi connectivity index (χ0v) is 10.9. The van der Waals surface area contributed by atoms with Gasteiger partial charge in [-0.1, -0.05) is 42.5 Å². The van der Waals surface area contributed by atoms with Crippen LogP contribution in [0.3, 0.4) is 0 Å². The first-order valence-electron chi connectivity index (χ1n) is 6.64. The van der Waals surface area contributed by atoms with Crippen molar-refractivity contribution in [3.8, 4) is 0 Å². The molecule has 1 saturated carbocycles. The number of aliphatic carboxylic acids is 1. The Hall–Kier alpha value is -2.36. The Morgan fingerprint density at radius 1 is 1.10 bits per heavy atom. The third-order valence-corrected chi connectivity index (χ3v) is 3.78. The number of nitrogens with one attached hydrogen (secondary N) is 1. The molecule has 3 rings (SSSR count). The van der Waals surface area contributed by atoms with E-state index in [1.165, 1.54) is 0 Å². The number of benzene rings is 2. The van der Waals surface area contributed by atoms with Crippen molar-refractivity contribution in [1.29, 1.82) is 0 Å². The molecule has 0 spiro atoms. The molecule has 20 heavy (non-hydrogen) atoms. The van der Waals surface area contributed by atoms with Gasteiger partial charge in [-0.3, -0.25) is 9.59 Å². The van der Waals surface area contributed by atoms with Crippen LogP contribution >= 0.6 is 0 Å². The first-order valence-corrected chi connectivity index (χ1v) is 6.64. The van der Waals surface area contributed by atoms with Crippen molar-refractivity contribution >= 4 is 22.6 Å². The largest absolute Gasteiger partial charge is 0.481 e. The lowest BCUT2D eigenvalue weighted by molar-refractivity contribution is -0.140. The van der Waals surface area contributed by atoms with Crippen LogP contribution in [0.15, 0.2) is 42.5 Å². The zero-order valence-electron chi connectivity index (χ0n) is 10.9. The molecule has 0 aromatic heterocycles. The maximum Gasteiger partial charge on any atom is 0.307 e. The summed E-state index contributed by atoms with van der Waals surface area (Å²) in [6.45, 7) is 0.434. The van der Waals surface area contributed by atoms with Crippen LogP contribution in [0, 0.1) is 11.8 Å². The first kappa shape index (κ1) is 12.7. The lowest BCUT2D eigenvalue weighted by atomic mass is 10.0. The summed E-state index contributed by atoms with van der Waals surface area (Å²) in [5.41, 5.74) is 1.05. The summed E-state index contributed by atoms with van der Waals surface area (Å²) in [6.07, 6.45) is 0.455. The Bertz CT molecular complexity index is 675. The maximum absolute atomic E-state index is 11.9. The van der Waals surface area contributed by atoms with E-state index in [0.29, 0.717) is 13.0 Å². The van der Waals surface area contributed by atoms with Crippen LogP contribution in [-0.4, -0.2) is 17.0 Å². The van der Waals surface area contributed by atoms with Gasteiger partial charge < -0.3 is 10.4 Å². The number of carbonyl (C=O) groups is 2. The number of carbonyl (C=O) groups excluding carboxylic acids is 1. The molecule has 4 heteroatoms. The highest BCUT2D eigenvalue weighted by atomic mass is 16.4. The Labute approximate surface area is 116 Å². The van der Waals surface area contributed by atoms with Crippen LogP contribution in [-0.2, 0) is 16.1 Å². The second kappa shape index (κ2) is 4.96. The standard InChI is InChI=1S/C16H15NO3/c18-15(13-8-14(13)16(19)20)17-9-11-6-3-5-10-4-1-2-7-12(10)11/h1-7,13-14H,8-9H2,(H,17,18)(H,19,20). The molecule has 2 aromatic carbocycles. The van der Waals surface area contributed by atoms with E-state index in [1.54, 1.807) is 0 Å². The molecule has 0 bridgehead atoms. The van der Waals surface area contributed by atoms with Gasteiger partial charge in [-0.05, 0) is 22.8 Å². The molecule has 1 amide bonds. The quantitative estimate of drug-likeness (QED) is 0.894. The minimum Gasteiger partial charge on any atom is -0.481 e. The van der Waals surface area contributed by atoms with Gasteiger partial charge in [0.15, 0.2) is 0 Å². The highest BCUT2D eigenvalue weighted by Crippen LogP contribution is 2.38. The average Bonchev–Trinajstić information content (AvgIpc) is 3.25. The number of carboxylic acid groups (broad SMARTS) is 1. The number of amides is 1. The second-order valence-corrected chi connectivity index (χ2v) is 5.14. The summed E-state index contributed by atoms with van der Waals surface area (Å²) in [4.78, 5) is 22.6. The topological polar surface area (TPSA) is 66.4 Å². The molecule has 1 aliphatic carbocycles. The highest BCUT2D eigenvalue weighted by molar-refractivity contribution is 5.90. The normalized spacial score (nSPS) is 20.6. The summed E-state index contributed by atoms with van der Waals surface area (Å²) < 4.78 is 0. The molecular formula is C16H15NO3. The minimum atomic E-state index is -0.879. The van der Waals surface area contributed by atoms with Crippen molar-refractivity contribution in [2.45, 2.75) is 13.0 Å². The molecular weight excluding hydrogens is 254 g/mol. The fraction of sp³-hybridized carbons (Fsp3) is 0.250. The molecule has 102 valence electrons. The van der Waals surface area contributed by atoms with Gasteiger partial charge in [-0.15, -0.1) is 0 Å². The van der Waals surface area contributed by atoms with Gasteiger partial charge in [0.05, 0.1) is 11.8 Å². The van der Waals surface area contributed by atoms with Crippen molar-refractivity contribution in [3.63, 3.8) is 0 Å². The summed E-state index contributed by atoms with van der Waals surface area (Å²) in [6, 6.07) is 14.0. The molecule has 2 unspecified atom stereocenters. The van der Waals surface area contributed by atoms with Crippen LogP contribution in [0.25, 0.3) is 10.8 Å². The summed E-state index contributed by atoms with van der Waals surface area (Å²) >= 11 is 0. The Morgan fingerprint density at radius 2 is 1.85 bits per heavy atom. The third kappa shape index (κ3) is 2.37. The fourth-order valence-electron chi connectivity index (χ4n) is 2.52. The highest BCUT2D eigenvalue weighted by Gasteiger charge is 2.48. The van der Waals surface area contributed by atoms with E-state index in [2.05, 4.69) is 5.32 Å². The fourth-order valence-corrected chi connectivity index (χ4v) is 2.52. The van der Waals surface area contributed by atoms with Gasteiger partial charge >= 0.3 is 5.97 Å². The van der Waals surface area contributed by atoms with E-state index in [9.17, 15) is 9.59 Å². The van der Waals surface area contributed by atoms with Crippen molar-refractivity contribution in [2.75, 3.05) is 0 Å². The van der Waals surface area contributed by atoms with Gasteiger partial charge in [-0.2, -0.15) is 0 Å². The second-order valence-electron chi connectivity index (χ2n) is 5.14. The molecule has 2 aromatic rings. The number of fused-ring (bicyclic) bond motifs is 1. The summed E-state index contributed by atoms with van der Waals surface area (Å²) in [5, 5.41) is 13.9. The molecule has 1 aliphatic rings. The van der Waals surface area contributed by atoms with Gasteiger partial charge in [0.1, 0.15) is 0 Å². The van der Waals surface area contributed by atoms with E-state index in [-0.39, 0.29) is 11.8 Å². The first-order chi connectivity index (χ1) is 9.66. The van der Waals surface area contributed by atoms with Gasteiger partial charge in [0, 0.05) is 6.54 Å². The average molecular weight is 269 g/mol. The molecule has 4 nitrogen and oxygen atoms in total. The van der Waals surface area contributed by atoms with Crippen LogP contribution < -0.4 is 5.32 Å². The van der Waals surface area contributed by atoms with Crippen LogP contribution in [0.2, 0.25) is 0 Å². The SMILES string of the molecule is O=C(O)C1CC1C(=O)NCc1cccc2ccccc12. The molecule has 2 atom stereocenters. The lowest BCUT2D eigenvalue weighted by Gasteiger charge is -2.08. The minimum absolute atomic E-state index is 0.162. The van der Waals surface area contributed by atoms with Crippen molar-refractivity contribution < 1.29 is 14.7 Å². The maximum atomic E-state index is 11.9. The number of rotatable bonds is 4. The van der Waals surface area contributed by atoms with Crippen molar-refractivity contribution in [1.82, 2.24) is 5.32 Å². The molecule has 0 aliphatic heterocycles. The van der Waals surface area contributed by atoms with E-state index < -0.39 is 11.9 Å². The van der Waals surface area contributed by atoms with Crippen molar-refractivity contribution in [3.05, 3.63) is 48.0 Å². The van der Waals surface area contributed by atoms with E-state index in [4.69, 9.17) is 5.11 Å². The Balaban J connectivity index is 1.69. The Morgan fingerprint density at radius 3 is 2.60 bits per heavy atom. The van der Waals surface area contributed by atoms with Crippen LogP contribution in [0.5, 0.6) is 0 Å².